The molecule has 0 aromatic carbocycles. The summed E-state index contributed by atoms with van der Waals surface area (Å²) in [6, 6.07) is 2.98. The molecule has 0 amide bonds. The van der Waals surface area contributed by atoms with E-state index >= 15 is 0 Å². The van der Waals surface area contributed by atoms with Crippen LogP contribution in [-0.4, -0.2) is 27.1 Å². The SMILES string of the molecule is Cc1ccc(O[C@H](C)CC(=O)O)c([N+](=O)[O-])n1. The molecule has 92 valence electrons. The van der Waals surface area contributed by atoms with Crippen LogP contribution < -0.4 is 4.74 Å². The van der Waals surface area contributed by atoms with Crippen molar-refractivity contribution in [3.63, 3.8) is 0 Å². The highest BCUT2D eigenvalue weighted by atomic mass is 16.6. The first kappa shape index (κ1) is 12.9. The second kappa shape index (κ2) is 5.24. The molecule has 17 heavy (non-hydrogen) atoms. The maximum Gasteiger partial charge on any atom is 0.406 e. The van der Waals surface area contributed by atoms with Gasteiger partial charge in [0.05, 0.1) is 6.42 Å². The Kier molecular flexibility index (Phi) is 3.97. The lowest BCUT2D eigenvalue weighted by Gasteiger charge is -2.12. The summed E-state index contributed by atoms with van der Waals surface area (Å²) in [5.41, 5.74) is 0.495. The zero-order valence-corrected chi connectivity index (χ0v) is 9.41. The minimum absolute atomic E-state index is 0.0191. The number of nitrogens with zero attached hydrogens (tertiary/aromatic N) is 2. The van der Waals surface area contributed by atoms with Crippen LogP contribution in [0.15, 0.2) is 12.1 Å². The van der Waals surface area contributed by atoms with Gasteiger partial charge in [0.2, 0.25) is 5.75 Å². The van der Waals surface area contributed by atoms with E-state index in [1.807, 2.05) is 0 Å². The highest BCUT2D eigenvalue weighted by molar-refractivity contribution is 5.67. The monoisotopic (exact) mass is 240 g/mol. The van der Waals surface area contributed by atoms with Crippen molar-refractivity contribution in [3.8, 4) is 5.75 Å². The van der Waals surface area contributed by atoms with Crippen LogP contribution in [-0.2, 0) is 4.79 Å². The second-order valence-corrected chi connectivity index (χ2v) is 3.56. The number of ether oxygens (including phenoxy) is 1. The van der Waals surface area contributed by atoms with Crippen LogP contribution in [0.25, 0.3) is 0 Å². The first-order valence-electron chi connectivity index (χ1n) is 4.90. The molecule has 1 aromatic heterocycles. The summed E-state index contributed by atoms with van der Waals surface area (Å²) in [7, 11) is 0. The Morgan fingerprint density at radius 2 is 2.29 bits per heavy atom. The molecule has 0 saturated carbocycles. The standard InChI is InChI=1S/C10H12N2O5/c1-6-3-4-8(10(11-6)12(15)16)17-7(2)5-9(13)14/h3-4,7H,5H2,1-2H3,(H,13,14)/t7-/m1/s1. The molecule has 0 spiro atoms. The number of carboxylic acids is 1. The van der Waals surface area contributed by atoms with Gasteiger partial charge in [0.25, 0.3) is 0 Å². The lowest BCUT2D eigenvalue weighted by molar-refractivity contribution is -0.390. The minimum Gasteiger partial charge on any atom is -0.482 e. The van der Waals surface area contributed by atoms with Crippen molar-refractivity contribution in [1.29, 1.82) is 0 Å². The van der Waals surface area contributed by atoms with E-state index in [4.69, 9.17) is 9.84 Å². The van der Waals surface area contributed by atoms with Crippen LogP contribution in [0.2, 0.25) is 0 Å². The van der Waals surface area contributed by atoms with Crippen molar-refractivity contribution in [3.05, 3.63) is 27.9 Å². The minimum atomic E-state index is -1.03. The zero-order chi connectivity index (χ0) is 13.0. The van der Waals surface area contributed by atoms with Gasteiger partial charge in [0.15, 0.2) is 0 Å². The van der Waals surface area contributed by atoms with Gasteiger partial charge in [-0.05, 0) is 29.0 Å². The fourth-order valence-corrected chi connectivity index (χ4v) is 1.26. The number of carbonyl (C=O) groups is 1. The van der Waals surface area contributed by atoms with Gasteiger partial charge in [0, 0.05) is 6.92 Å². The summed E-state index contributed by atoms with van der Waals surface area (Å²) in [6.45, 7) is 3.15. The van der Waals surface area contributed by atoms with E-state index in [9.17, 15) is 14.9 Å². The number of aromatic nitrogens is 1. The van der Waals surface area contributed by atoms with Gasteiger partial charge in [-0.1, -0.05) is 0 Å². The Morgan fingerprint density at radius 3 is 2.82 bits per heavy atom. The number of aliphatic carboxylic acids is 1. The molecular formula is C10H12N2O5. The van der Waals surface area contributed by atoms with E-state index in [-0.39, 0.29) is 12.2 Å². The third-order valence-corrected chi connectivity index (χ3v) is 1.94. The lowest BCUT2D eigenvalue weighted by atomic mass is 10.3. The quantitative estimate of drug-likeness (QED) is 0.618. The van der Waals surface area contributed by atoms with Crippen LogP contribution in [0.3, 0.4) is 0 Å². The molecule has 0 aliphatic heterocycles. The molecule has 1 rings (SSSR count). The number of aryl methyl sites for hydroxylation is 1. The van der Waals surface area contributed by atoms with E-state index < -0.39 is 22.8 Å². The van der Waals surface area contributed by atoms with Crippen molar-refractivity contribution in [2.75, 3.05) is 0 Å². The Morgan fingerprint density at radius 1 is 1.65 bits per heavy atom. The van der Waals surface area contributed by atoms with Crippen LogP contribution in [0.5, 0.6) is 5.75 Å². The van der Waals surface area contributed by atoms with Crippen molar-refractivity contribution < 1.29 is 19.6 Å². The van der Waals surface area contributed by atoms with Gasteiger partial charge >= 0.3 is 11.8 Å². The normalized spacial score (nSPS) is 11.9. The largest absolute Gasteiger partial charge is 0.482 e. The molecular weight excluding hydrogens is 228 g/mol. The van der Waals surface area contributed by atoms with E-state index in [2.05, 4.69) is 4.98 Å². The average molecular weight is 240 g/mol. The molecule has 0 saturated heterocycles. The Balaban J connectivity index is 2.90. The summed E-state index contributed by atoms with van der Waals surface area (Å²) >= 11 is 0. The van der Waals surface area contributed by atoms with Crippen LogP contribution in [0.1, 0.15) is 19.0 Å². The fraction of sp³-hybridized carbons (Fsp3) is 0.400. The van der Waals surface area contributed by atoms with Gasteiger partial charge in [-0.15, -0.1) is 0 Å². The Hall–Kier alpha value is -2.18. The molecule has 0 radical (unpaired) electrons. The number of carboxylic acid groups (broad SMARTS) is 1. The van der Waals surface area contributed by atoms with Crippen LogP contribution in [0.4, 0.5) is 5.82 Å². The maximum absolute atomic E-state index is 10.7. The molecule has 7 nitrogen and oxygen atoms in total. The number of hydrogen-bond acceptors (Lipinski definition) is 5. The molecule has 1 heterocycles. The van der Waals surface area contributed by atoms with Gasteiger partial charge in [-0.2, -0.15) is 0 Å². The molecule has 0 unspecified atom stereocenters. The highest BCUT2D eigenvalue weighted by Crippen LogP contribution is 2.25. The molecule has 0 aliphatic rings. The summed E-state index contributed by atoms with van der Waals surface area (Å²) < 4.78 is 5.19. The van der Waals surface area contributed by atoms with E-state index in [0.717, 1.165) is 0 Å². The topological polar surface area (TPSA) is 103 Å². The molecule has 1 N–H and O–H groups in total. The smallest absolute Gasteiger partial charge is 0.406 e. The third-order valence-electron chi connectivity index (χ3n) is 1.94. The van der Waals surface area contributed by atoms with Crippen LogP contribution >= 0.6 is 0 Å². The first-order valence-corrected chi connectivity index (χ1v) is 4.90. The molecule has 1 atom stereocenters. The molecule has 0 fully saturated rings. The summed E-state index contributed by atoms with van der Waals surface area (Å²) in [6.07, 6.45) is -0.888. The second-order valence-electron chi connectivity index (χ2n) is 3.56. The van der Waals surface area contributed by atoms with Crippen molar-refractivity contribution in [2.45, 2.75) is 26.4 Å². The van der Waals surface area contributed by atoms with Crippen molar-refractivity contribution >= 4 is 11.8 Å². The lowest BCUT2D eigenvalue weighted by Crippen LogP contribution is -2.17. The summed E-state index contributed by atoms with van der Waals surface area (Å²) in [5.74, 6) is -1.45. The van der Waals surface area contributed by atoms with Crippen molar-refractivity contribution in [1.82, 2.24) is 4.98 Å². The predicted molar refractivity (Wildman–Crippen MR) is 58.0 cm³/mol. The van der Waals surface area contributed by atoms with Gasteiger partial charge in [0.1, 0.15) is 11.8 Å². The molecule has 1 aromatic rings. The Labute approximate surface area is 97.2 Å². The predicted octanol–water partition coefficient (Wildman–Crippen LogP) is 1.54. The highest BCUT2D eigenvalue weighted by Gasteiger charge is 2.20. The first-order chi connectivity index (χ1) is 7.90. The third kappa shape index (κ3) is 3.71. The van der Waals surface area contributed by atoms with Crippen LogP contribution in [0, 0.1) is 17.0 Å². The van der Waals surface area contributed by atoms with Crippen molar-refractivity contribution in [2.24, 2.45) is 0 Å². The van der Waals surface area contributed by atoms with E-state index in [1.54, 1.807) is 13.0 Å². The average Bonchev–Trinajstić information content (AvgIpc) is 2.19. The maximum atomic E-state index is 10.7. The molecule has 0 bridgehead atoms. The summed E-state index contributed by atoms with van der Waals surface area (Å²) in [5, 5.41) is 19.3. The number of hydrogen-bond donors (Lipinski definition) is 1. The zero-order valence-electron chi connectivity index (χ0n) is 9.41. The number of nitro groups is 1. The van der Waals surface area contributed by atoms with E-state index in [0.29, 0.717) is 5.69 Å². The Bertz CT molecular complexity index is 446. The number of pyridine rings is 1. The van der Waals surface area contributed by atoms with E-state index in [1.165, 1.54) is 13.0 Å². The summed E-state index contributed by atoms with van der Waals surface area (Å²) in [4.78, 5) is 24.2. The fourth-order valence-electron chi connectivity index (χ4n) is 1.26. The van der Waals surface area contributed by atoms with Gasteiger partial charge in [-0.3, -0.25) is 4.79 Å². The molecule has 0 aliphatic carbocycles. The van der Waals surface area contributed by atoms with Gasteiger partial charge in [-0.25, -0.2) is 0 Å². The van der Waals surface area contributed by atoms with Gasteiger partial charge < -0.3 is 20.0 Å². The molecule has 7 heteroatoms. The number of rotatable bonds is 5.